The second-order valence-corrected chi connectivity index (χ2v) is 10.8. The van der Waals surface area contributed by atoms with Crippen molar-refractivity contribution in [3.63, 3.8) is 0 Å². The van der Waals surface area contributed by atoms with E-state index < -0.39 is 10.0 Å². The van der Waals surface area contributed by atoms with Crippen LogP contribution >= 0.6 is 23.1 Å². The summed E-state index contributed by atoms with van der Waals surface area (Å²) in [5, 5.41) is 1.24. The molecule has 1 aliphatic rings. The van der Waals surface area contributed by atoms with Gasteiger partial charge in [-0.3, -0.25) is 4.79 Å². The van der Waals surface area contributed by atoms with E-state index in [1.54, 1.807) is 22.3 Å². The van der Waals surface area contributed by atoms with Crippen molar-refractivity contribution in [3.05, 3.63) is 65.6 Å². The van der Waals surface area contributed by atoms with Crippen LogP contribution in [-0.4, -0.2) is 60.4 Å². The number of sulfonamides is 1. The monoisotopic (exact) mass is 459 g/mol. The number of aromatic nitrogens is 1. The van der Waals surface area contributed by atoms with Crippen LogP contribution in [0.2, 0.25) is 0 Å². The molecule has 1 aliphatic heterocycles. The molecule has 0 N–H and O–H groups in total. The Morgan fingerprint density at radius 2 is 1.73 bits per heavy atom. The van der Waals surface area contributed by atoms with E-state index in [9.17, 15) is 13.2 Å². The van der Waals surface area contributed by atoms with Gasteiger partial charge in [0.25, 0.3) is 0 Å². The summed E-state index contributed by atoms with van der Waals surface area (Å²) in [6.07, 6.45) is 1.60. The van der Waals surface area contributed by atoms with Crippen molar-refractivity contribution in [2.24, 2.45) is 0 Å². The summed E-state index contributed by atoms with van der Waals surface area (Å²) in [7, 11) is -3.50. The van der Waals surface area contributed by atoms with E-state index in [1.807, 2.05) is 54.6 Å². The number of carbonyl (C=O) groups is 1. The molecule has 4 rings (SSSR count). The van der Waals surface area contributed by atoms with E-state index in [1.165, 1.54) is 21.5 Å². The first kappa shape index (κ1) is 21.0. The Kier molecular flexibility index (Phi) is 6.52. The first-order chi connectivity index (χ1) is 14.5. The van der Waals surface area contributed by atoms with Crippen LogP contribution in [0.15, 0.2) is 64.3 Å². The number of carbonyl (C=O) groups excluding carboxylic acids is 1. The van der Waals surface area contributed by atoms with Gasteiger partial charge in [-0.15, -0.1) is 11.3 Å². The van der Waals surface area contributed by atoms with Crippen molar-refractivity contribution in [2.75, 3.05) is 31.9 Å². The smallest absolute Gasteiger partial charge is 0.236 e. The second-order valence-electron chi connectivity index (χ2n) is 6.77. The van der Waals surface area contributed by atoms with Crippen LogP contribution in [0.3, 0.4) is 0 Å². The van der Waals surface area contributed by atoms with Crippen LogP contribution in [0.1, 0.15) is 5.56 Å². The molecule has 1 aromatic heterocycles. The van der Waals surface area contributed by atoms with Crippen molar-refractivity contribution in [1.82, 2.24) is 14.2 Å². The number of thioether (sulfide) groups is 1. The number of amides is 1. The van der Waals surface area contributed by atoms with E-state index >= 15 is 0 Å². The molecule has 0 bridgehead atoms. The van der Waals surface area contributed by atoms with Gasteiger partial charge in [0.05, 0.1) is 16.0 Å². The minimum absolute atomic E-state index is 0.0103. The van der Waals surface area contributed by atoms with E-state index in [0.29, 0.717) is 31.9 Å². The Labute approximate surface area is 184 Å². The Balaban J connectivity index is 1.29. The SMILES string of the molecule is O=C(CSc1nc2ccccc2s1)N1CCN(S(=O)(=O)/C=C\c2ccccc2)CC1. The summed E-state index contributed by atoms with van der Waals surface area (Å²) in [5.41, 5.74) is 1.78. The highest BCUT2D eigenvalue weighted by molar-refractivity contribution is 8.01. The molecule has 9 heteroatoms. The summed E-state index contributed by atoms with van der Waals surface area (Å²) in [4.78, 5) is 18.8. The zero-order valence-corrected chi connectivity index (χ0v) is 18.6. The third-order valence-corrected chi connectivity index (χ3v) is 8.51. The second kappa shape index (κ2) is 9.30. The first-order valence-electron chi connectivity index (χ1n) is 9.51. The van der Waals surface area contributed by atoms with Crippen LogP contribution < -0.4 is 0 Å². The lowest BCUT2D eigenvalue weighted by molar-refractivity contribution is -0.129. The molecule has 0 radical (unpaired) electrons. The van der Waals surface area contributed by atoms with Crippen molar-refractivity contribution < 1.29 is 13.2 Å². The highest BCUT2D eigenvalue weighted by Crippen LogP contribution is 2.29. The molecule has 156 valence electrons. The molecule has 3 aromatic rings. The summed E-state index contributed by atoms with van der Waals surface area (Å²) >= 11 is 3.01. The van der Waals surface area contributed by atoms with Gasteiger partial charge in [-0.05, 0) is 23.8 Å². The van der Waals surface area contributed by atoms with Crippen LogP contribution in [0.25, 0.3) is 16.3 Å². The number of rotatable bonds is 6. The van der Waals surface area contributed by atoms with Gasteiger partial charge in [0.15, 0.2) is 4.34 Å². The third kappa shape index (κ3) is 5.10. The lowest BCUT2D eigenvalue weighted by Crippen LogP contribution is -2.50. The lowest BCUT2D eigenvalue weighted by atomic mass is 10.2. The summed E-state index contributed by atoms with van der Waals surface area (Å²) in [6.45, 7) is 1.41. The minimum Gasteiger partial charge on any atom is -0.339 e. The average molecular weight is 460 g/mol. The Morgan fingerprint density at radius 1 is 1.03 bits per heavy atom. The van der Waals surface area contributed by atoms with E-state index in [0.717, 1.165) is 20.1 Å². The topological polar surface area (TPSA) is 70.6 Å². The molecule has 0 spiro atoms. The fourth-order valence-corrected chi connectivity index (χ4v) is 6.28. The van der Waals surface area contributed by atoms with Gasteiger partial charge in [0.1, 0.15) is 0 Å². The highest BCUT2D eigenvalue weighted by atomic mass is 32.2. The fourth-order valence-electron chi connectivity index (χ4n) is 3.13. The van der Waals surface area contributed by atoms with E-state index in [2.05, 4.69) is 4.98 Å². The summed E-state index contributed by atoms with van der Waals surface area (Å²) in [6, 6.07) is 17.2. The maximum absolute atomic E-state index is 12.6. The van der Waals surface area contributed by atoms with Crippen molar-refractivity contribution in [3.8, 4) is 0 Å². The number of piperazine rings is 1. The van der Waals surface area contributed by atoms with Gasteiger partial charge < -0.3 is 4.90 Å². The van der Waals surface area contributed by atoms with Gasteiger partial charge in [-0.1, -0.05) is 54.2 Å². The number of benzene rings is 2. The van der Waals surface area contributed by atoms with Gasteiger partial charge >= 0.3 is 0 Å². The van der Waals surface area contributed by atoms with Crippen molar-refractivity contribution >= 4 is 55.3 Å². The van der Waals surface area contributed by atoms with Crippen LogP contribution in [0.5, 0.6) is 0 Å². The fraction of sp³-hybridized carbons (Fsp3) is 0.238. The Bertz CT molecular complexity index is 1120. The molecule has 0 atom stereocenters. The molecule has 30 heavy (non-hydrogen) atoms. The Hall–Kier alpha value is -2.20. The van der Waals surface area contributed by atoms with E-state index in [-0.39, 0.29) is 5.91 Å². The number of hydrogen-bond acceptors (Lipinski definition) is 6. The van der Waals surface area contributed by atoms with Crippen molar-refractivity contribution in [2.45, 2.75) is 4.34 Å². The quantitative estimate of drug-likeness (QED) is 0.528. The highest BCUT2D eigenvalue weighted by Gasteiger charge is 2.27. The standard InChI is InChI=1S/C21H21N3O3S3/c25-20(16-28-21-22-18-8-4-5-9-19(18)29-21)23-11-13-24(14-12-23)30(26,27)15-10-17-6-2-1-3-7-17/h1-10,15H,11-14,16H2/b15-10-. The van der Waals surface area contributed by atoms with Crippen LogP contribution in [0, 0.1) is 0 Å². The van der Waals surface area contributed by atoms with Crippen LogP contribution in [0.4, 0.5) is 0 Å². The molecule has 0 saturated carbocycles. The number of para-hydroxylation sites is 1. The van der Waals surface area contributed by atoms with Crippen molar-refractivity contribution in [1.29, 1.82) is 0 Å². The zero-order chi connectivity index (χ0) is 21.0. The summed E-state index contributed by atoms with van der Waals surface area (Å²) < 4.78 is 28.5. The number of nitrogens with zero attached hydrogens (tertiary/aromatic N) is 3. The molecule has 6 nitrogen and oxygen atoms in total. The number of thiazole rings is 1. The first-order valence-corrected chi connectivity index (χ1v) is 12.8. The number of fused-ring (bicyclic) bond motifs is 1. The zero-order valence-electron chi connectivity index (χ0n) is 16.2. The lowest BCUT2D eigenvalue weighted by Gasteiger charge is -2.33. The summed E-state index contributed by atoms with van der Waals surface area (Å²) in [5.74, 6) is 0.316. The molecule has 1 saturated heterocycles. The minimum atomic E-state index is -3.50. The molecule has 1 fully saturated rings. The maximum atomic E-state index is 12.6. The normalized spacial score (nSPS) is 15.8. The number of hydrogen-bond donors (Lipinski definition) is 0. The predicted octanol–water partition coefficient (Wildman–Crippen LogP) is 3.53. The average Bonchev–Trinajstić information content (AvgIpc) is 3.20. The Morgan fingerprint density at radius 3 is 2.47 bits per heavy atom. The molecule has 2 heterocycles. The van der Waals surface area contributed by atoms with Gasteiger partial charge in [0, 0.05) is 31.6 Å². The molecular weight excluding hydrogens is 438 g/mol. The van der Waals surface area contributed by atoms with E-state index in [4.69, 9.17) is 0 Å². The van der Waals surface area contributed by atoms with Gasteiger partial charge in [-0.2, -0.15) is 4.31 Å². The molecule has 1 amide bonds. The van der Waals surface area contributed by atoms with Gasteiger partial charge in [0.2, 0.25) is 15.9 Å². The molecule has 2 aromatic carbocycles. The largest absolute Gasteiger partial charge is 0.339 e. The molecule has 0 aliphatic carbocycles. The predicted molar refractivity (Wildman–Crippen MR) is 123 cm³/mol. The molecule has 0 unspecified atom stereocenters. The van der Waals surface area contributed by atoms with Gasteiger partial charge in [-0.25, -0.2) is 13.4 Å². The maximum Gasteiger partial charge on any atom is 0.236 e. The third-order valence-electron chi connectivity index (χ3n) is 4.78. The van der Waals surface area contributed by atoms with Crippen LogP contribution in [-0.2, 0) is 14.8 Å². The molecular formula is C21H21N3O3S3.